The second kappa shape index (κ2) is 5.51. The van der Waals surface area contributed by atoms with Gasteiger partial charge in [-0.2, -0.15) is 0 Å². The highest BCUT2D eigenvalue weighted by Crippen LogP contribution is 2.33. The van der Waals surface area contributed by atoms with Gasteiger partial charge in [0.2, 0.25) is 15.9 Å². The van der Waals surface area contributed by atoms with E-state index >= 15 is 0 Å². The summed E-state index contributed by atoms with van der Waals surface area (Å²) in [5.74, 6) is -0.0342. The summed E-state index contributed by atoms with van der Waals surface area (Å²) < 4.78 is 26.5. The Hall–Kier alpha value is -1.44. The minimum absolute atomic E-state index is 0.0342. The maximum Gasteiger partial charge on any atom is 0.240 e. The van der Waals surface area contributed by atoms with Crippen LogP contribution in [0, 0.1) is 0 Å². The molecule has 0 saturated heterocycles. The first-order valence-corrected chi connectivity index (χ1v) is 7.97. The third kappa shape index (κ3) is 2.70. The largest absolute Gasteiger partial charge is 0.329 e. The van der Waals surface area contributed by atoms with Gasteiger partial charge in [0, 0.05) is 31.7 Å². The van der Waals surface area contributed by atoms with Crippen molar-refractivity contribution in [3.63, 3.8) is 0 Å². The highest BCUT2D eigenvalue weighted by molar-refractivity contribution is 7.89. The number of rotatable bonds is 4. The summed E-state index contributed by atoms with van der Waals surface area (Å²) in [5.41, 5.74) is 6.97. The molecule has 2 rings (SSSR count). The van der Waals surface area contributed by atoms with Crippen molar-refractivity contribution in [3.05, 3.63) is 23.8 Å². The Labute approximate surface area is 119 Å². The van der Waals surface area contributed by atoms with Crippen LogP contribution in [0.15, 0.2) is 23.1 Å². The Morgan fingerprint density at radius 1 is 1.50 bits per heavy atom. The van der Waals surface area contributed by atoms with Crippen LogP contribution < -0.4 is 15.4 Å². The molecule has 0 aliphatic carbocycles. The number of carbonyl (C=O) groups is 1. The van der Waals surface area contributed by atoms with Gasteiger partial charge in [0.25, 0.3) is 0 Å². The van der Waals surface area contributed by atoms with E-state index in [1.165, 1.54) is 13.0 Å². The zero-order chi connectivity index (χ0) is 14.9. The lowest BCUT2D eigenvalue weighted by molar-refractivity contribution is -0.116. The van der Waals surface area contributed by atoms with Gasteiger partial charge < -0.3 is 10.6 Å². The maximum absolute atomic E-state index is 12.0. The molecule has 1 heterocycles. The molecule has 1 aliphatic heterocycles. The Balaban J connectivity index is 2.36. The number of hydrogen-bond acceptors (Lipinski definition) is 4. The summed E-state index contributed by atoms with van der Waals surface area (Å²) in [5, 5.41) is 0. The fourth-order valence-corrected chi connectivity index (χ4v) is 3.63. The van der Waals surface area contributed by atoms with E-state index in [2.05, 4.69) is 4.72 Å². The van der Waals surface area contributed by atoms with Gasteiger partial charge in [0.15, 0.2) is 0 Å². The van der Waals surface area contributed by atoms with Crippen molar-refractivity contribution in [2.75, 3.05) is 18.0 Å². The number of sulfonamides is 1. The summed E-state index contributed by atoms with van der Waals surface area (Å²) in [6, 6.07) is 4.90. The first-order valence-electron chi connectivity index (χ1n) is 6.49. The first-order chi connectivity index (χ1) is 9.36. The molecular formula is C13H19N3O3S. The van der Waals surface area contributed by atoms with Gasteiger partial charge >= 0.3 is 0 Å². The van der Waals surface area contributed by atoms with Crippen LogP contribution in [-0.2, 0) is 21.2 Å². The normalized spacial score (nSPS) is 18.1. The third-order valence-electron chi connectivity index (χ3n) is 3.35. The van der Waals surface area contributed by atoms with E-state index < -0.39 is 10.0 Å². The van der Waals surface area contributed by atoms with Gasteiger partial charge in [0.05, 0.1) is 4.90 Å². The Kier molecular flexibility index (Phi) is 4.12. The summed E-state index contributed by atoms with van der Waals surface area (Å²) in [6.07, 6.45) is 0.662. The zero-order valence-corrected chi connectivity index (χ0v) is 12.4. The van der Waals surface area contributed by atoms with Crippen molar-refractivity contribution in [1.82, 2.24) is 4.72 Å². The van der Waals surface area contributed by atoms with E-state index in [9.17, 15) is 13.2 Å². The van der Waals surface area contributed by atoms with E-state index in [-0.39, 0.29) is 29.9 Å². The monoisotopic (exact) mass is 297 g/mol. The van der Waals surface area contributed by atoms with Crippen LogP contribution in [0.25, 0.3) is 0 Å². The van der Waals surface area contributed by atoms with Gasteiger partial charge in [-0.3, -0.25) is 4.79 Å². The molecule has 20 heavy (non-hydrogen) atoms. The highest BCUT2D eigenvalue weighted by Gasteiger charge is 2.30. The van der Waals surface area contributed by atoms with E-state index in [1.54, 1.807) is 17.0 Å². The van der Waals surface area contributed by atoms with E-state index in [4.69, 9.17) is 5.73 Å². The number of nitrogens with two attached hydrogens (primary N) is 1. The van der Waals surface area contributed by atoms with Gasteiger partial charge in [-0.1, -0.05) is 0 Å². The Bertz CT molecular complexity index is 628. The molecule has 1 aromatic rings. The van der Waals surface area contributed by atoms with Crippen molar-refractivity contribution in [3.8, 4) is 0 Å². The van der Waals surface area contributed by atoms with Crippen molar-refractivity contribution in [2.24, 2.45) is 5.73 Å². The lowest BCUT2D eigenvalue weighted by Gasteiger charge is -2.20. The topological polar surface area (TPSA) is 92.5 Å². The molecule has 0 radical (unpaired) electrons. The molecule has 0 aromatic heterocycles. The number of carbonyl (C=O) groups excluding carboxylic acids is 1. The van der Waals surface area contributed by atoms with Crippen LogP contribution in [0.2, 0.25) is 0 Å². The zero-order valence-electron chi connectivity index (χ0n) is 11.6. The van der Waals surface area contributed by atoms with Crippen LogP contribution in [0.1, 0.15) is 19.4 Å². The standard InChI is InChI=1S/C13H19N3O3S/c1-9-7-11-8-12(20(18,19)15-6-5-14)3-4-13(11)16(9)10(2)17/h3-4,8-9,15H,5-7,14H2,1-2H3. The predicted molar refractivity (Wildman–Crippen MR) is 77.0 cm³/mol. The SMILES string of the molecule is CC(=O)N1c2ccc(S(=O)(=O)NCCN)cc2CC1C. The van der Waals surface area contributed by atoms with Crippen molar-refractivity contribution in [2.45, 2.75) is 31.2 Å². The lowest BCUT2D eigenvalue weighted by atomic mass is 10.1. The van der Waals surface area contributed by atoms with Crippen LogP contribution >= 0.6 is 0 Å². The van der Waals surface area contributed by atoms with E-state index in [0.717, 1.165) is 11.3 Å². The molecule has 6 nitrogen and oxygen atoms in total. The average molecular weight is 297 g/mol. The molecule has 0 saturated carbocycles. The molecule has 0 fully saturated rings. The van der Waals surface area contributed by atoms with Crippen LogP contribution in [0.5, 0.6) is 0 Å². The Morgan fingerprint density at radius 2 is 2.20 bits per heavy atom. The molecule has 7 heteroatoms. The average Bonchev–Trinajstić information content (AvgIpc) is 2.71. The van der Waals surface area contributed by atoms with Gasteiger partial charge in [-0.05, 0) is 37.1 Å². The minimum atomic E-state index is -3.53. The van der Waals surface area contributed by atoms with E-state index in [1.807, 2.05) is 6.92 Å². The van der Waals surface area contributed by atoms with Crippen LogP contribution in [0.3, 0.4) is 0 Å². The molecule has 3 N–H and O–H groups in total. The quantitative estimate of drug-likeness (QED) is 0.831. The van der Waals surface area contributed by atoms with Crippen LogP contribution in [0.4, 0.5) is 5.69 Å². The molecule has 110 valence electrons. The molecule has 1 aliphatic rings. The number of nitrogens with one attached hydrogen (secondary N) is 1. The number of benzene rings is 1. The summed E-state index contributed by atoms with van der Waals surface area (Å²) in [6.45, 7) is 3.91. The first kappa shape index (κ1) is 15.0. The fraction of sp³-hybridized carbons (Fsp3) is 0.462. The van der Waals surface area contributed by atoms with E-state index in [0.29, 0.717) is 6.42 Å². The van der Waals surface area contributed by atoms with Crippen molar-refractivity contribution < 1.29 is 13.2 Å². The van der Waals surface area contributed by atoms with Crippen LogP contribution in [-0.4, -0.2) is 33.5 Å². The Morgan fingerprint density at radius 3 is 2.80 bits per heavy atom. The maximum atomic E-state index is 12.0. The molecule has 0 bridgehead atoms. The molecule has 1 atom stereocenters. The van der Waals surface area contributed by atoms with Crippen molar-refractivity contribution >= 4 is 21.6 Å². The van der Waals surface area contributed by atoms with Gasteiger partial charge in [-0.15, -0.1) is 0 Å². The number of amides is 1. The van der Waals surface area contributed by atoms with Gasteiger partial charge in [-0.25, -0.2) is 13.1 Å². The van der Waals surface area contributed by atoms with Gasteiger partial charge in [0.1, 0.15) is 0 Å². The smallest absolute Gasteiger partial charge is 0.240 e. The highest BCUT2D eigenvalue weighted by atomic mass is 32.2. The number of anilines is 1. The molecule has 1 aromatic carbocycles. The van der Waals surface area contributed by atoms with Crippen molar-refractivity contribution in [1.29, 1.82) is 0 Å². The molecule has 1 amide bonds. The second-order valence-electron chi connectivity index (χ2n) is 4.92. The molecule has 1 unspecified atom stereocenters. The lowest BCUT2D eigenvalue weighted by Crippen LogP contribution is -2.33. The summed E-state index contributed by atoms with van der Waals surface area (Å²) in [7, 11) is -3.53. The summed E-state index contributed by atoms with van der Waals surface area (Å²) >= 11 is 0. The predicted octanol–water partition coefficient (Wildman–Crippen LogP) is 0.221. The number of fused-ring (bicyclic) bond motifs is 1. The third-order valence-corrected chi connectivity index (χ3v) is 4.81. The number of nitrogens with zero attached hydrogens (tertiary/aromatic N) is 1. The fourth-order valence-electron chi connectivity index (χ4n) is 2.53. The summed E-state index contributed by atoms with van der Waals surface area (Å²) in [4.78, 5) is 13.5. The minimum Gasteiger partial charge on any atom is -0.329 e. The number of hydrogen-bond donors (Lipinski definition) is 2. The molecule has 0 spiro atoms. The molecular weight excluding hydrogens is 278 g/mol. The second-order valence-corrected chi connectivity index (χ2v) is 6.69.